The van der Waals surface area contributed by atoms with Crippen LogP contribution in [-0.4, -0.2) is 51.9 Å². The number of carbonyl (C=O) groups is 1. The van der Waals surface area contributed by atoms with Crippen LogP contribution < -0.4 is 20.4 Å². The number of carboxylic acids is 1. The van der Waals surface area contributed by atoms with Crippen molar-refractivity contribution in [2.45, 2.75) is 12.8 Å². The van der Waals surface area contributed by atoms with Crippen LogP contribution in [0.15, 0.2) is 59.7 Å². The number of hydrogen-bond donors (Lipinski definition) is 3. The molecule has 0 aliphatic carbocycles. The number of hydrazone groups is 1. The molecule has 2 aromatic carbocycles. The third-order valence-electron chi connectivity index (χ3n) is 4.66. The summed E-state index contributed by atoms with van der Waals surface area (Å²) >= 11 is 0. The largest absolute Gasteiger partial charge is 0.482 e. The Morgan fingerprint density at radius 2 is 1.75 bits per heavy atom. The van der Waals surface area contributed by atoms with E-state index >= 15 is 0 Å². The van der Waals surface area contributed by atoms with Crippen LogP contribution in [0.3, 0.4) is 0 Å². The molecule has 3 N–H and O–H groups in total. The van der Waals surface area contributed by atoms with Gasteiger partial charge in [0.15, 0.2) is 6.61 Å². The first-order chi connectivity index (χ1) is 15.7. The van der Waals surface area contributed by atoms with E-state index in [1.54, 1.807) is 30.5 Å². The molecule has 1 aliphatic heterocycles. The van der Waals surface area contributed by atoms with Gasteiger partial charge in [-0.2, -0.15) is 20.1 Å². The van der Waals surface area contributed by atoms with Crippen LogP contribution >= 0.6 is 0 Å². The van der Waals surface area contributed by atoms with Crippen molar-refractivity contribution in [2.75, 3.05) is 35.3 Å². The second kappa shape index (κ2) is 10.2. The van der Waals surface area contributed by atoms with Crippen LogP contribution in [-0.2, 0) is 4.79 Å². The number of benzene rings is 2. The van der Waals surface area contributed by atoms with E-state index in [1.165, 1.54) is 0 Å². The van der Waals surface area contributed by atoms with Gasteiger partial charge in [-0.05, 0) is 54.8 Å². The van der Waals surface area contributed by atoms with Crippen LogP contribution in [0.25, 0.3) is 0 Å². The zero-order chi connectivity index (χ0) is 22.2. The van der Waals surface area contributed by atoms with Crippen molar-refractivity contribution in [2.24, 2.45) is 5.10 Å². The number of nitrogens with one attached hydrogen (secondary N) is 2. The van der Waals surface area contributed by atoms with E-state index < -0.39 is 5.97 Å². The number of rotatable bonds is 9. The molecule has 0 saturated carbocycles. The van der Waals surface area contributed by atoms with E-state index in [0.29, 0.717) is 23.6 Å². The Labute approximate surface area is 185 Å². The van der Waals surface area contributed by atoms with E-state index in [-0.39, 0.29) is 6.61 Å². The summed E-state index contributed by atoms with van der Waals surface area (Å²) in [5.41, 5.74) is 4.55. The molecule has 10 nitrogen and oxygen atoms in total. The van der Waals surface area contributed by atoms with E-state index in [2.05, 4.69) is 35.7 Å². The zero-order valence-corrected chi connectivity index (χ0v) is 17.3. The molecule has 1 fully saturated rings. The van der Waals surface area contributed by atoms with Crippen molar-refractivity contribution in [1.82, 2.24) is 15.0 Å². The fraction of sp³-hybridized carbons (Fsp3) is 0.227. The lowest BCUT2D eigenvalue weighted by Gasteiger charge is -2.16. The van der Waals surface area contributed by atoms with Crippen LogP contribution in [0.5, 0.6) is 5.75 Å². The normalized spacial score (nSPS) is 13.3. The standard InChI is InChI=1S/C22H23N7O3/c30-19(31)15-32-18-10-8-16(9-11-18)14-23-28-21-25-20(24-17-6-2-1-3-7-17)26-22(27-21)29-12-4-5-13-29/h1-3,6-11,14H,4-5,12-13,15H2,(H,30,31)(H2,24,25,26,27,28). The first-order valence-electron chi connectivity index (χ1n) is 10.2. The van der Waals surface area contributed by atoms with Gasteiger partial charge in [-0.15, -0.1) is 0 Å². The zero-order valence-electron chi connectivity index (χ0n) is 17.3. The summed E-state index contributed by atoms with van der Waals surface area (Å²) in [6.45, 7) is 1.44. The Balaban J connectivity index is 1.46. The minimum atomic E-state index is -1.02. The molecule has 0 atom stereocenters. The number of aromatic nitrogens is 3. The van der Waals surface area contributed by atoms with E-state index in [0.717, 1.165) is 37.2 Å². The van der Waals surface area contributed by atoms with Gasteiger partial charge in [0, 0.05) is 18.8 Å². The molecule has 32 heavy (non-hydrogen) atoms. The summed E-state index contributed by atoms with van der Waals surface area (Å²) in [6.07, 6.45) is 3.84. The maximum atomic E-state index is 10.6. The number of carboxylic acid groups (broad SMARTS) is 1. The van der Waals surface area contributed by atoms with Crippen molar-refractivity contribution >= 4 is 35.7 Å². The Morgan fingerprint density at radius 1 is 1.03 bits per heavy atom. The summed E-state index contributed by atoms with van der Waals surface area (Å²) in [6, 6.07) is 16.6. The molecule has 0 unspecified atom stereocenters. The summed E-state index contributed by atoms with van der Waals surface area (Å²) in [5, 5.41) is 16.1. The van der Waals surface area contributed by atoms with Crippen molar-refractivity contribution in [3.63, 3.8) is 0 Å². The highest BCUT2D eigenvalue weighted by molar-refractivity contribution is 5.80. The predicted molar refractivity (Wildman–Crippen MR) is 122 cm³/mol. The van der Waals surface area contributed by atoms with Crippen molar-refractivity contribution < 1.29 is 14.6 Å². The lowest BCUT2D eigenvalue weighted by molar-refractivity contribution is -0.139. The topological polar surface area (TPSA) is 125 Å². The van der Waals surface area contributed by atoms with Crippen molar-refractivity contribution in [1.29, 1.82) is 0 Å². The van der Waals surface area contributed by atoms with Gasteiger partial charge in [0.2, 0.25) is 17.8 Å². The average molecular weight is 433 g/mol. The van der Waals surface area contributed by atoms with Crippen LogP contribution in [0, 0.1) is 0 Å². The number of ether oxygens (including phenoxy) is 1. The van der Waals surface area contributed by atoms with E-state index in [9.17, 15) is 4.79 Å². The maximum Gasteiger partial charge on any atom is 0.341 e. The number of para-hydroxylation sites is 1. The number of nitrogens with zero attached hydrogens (tertiary/aromatic N) is 5. The van der Waals surface area contributed by atoms with Crippen LogP contribution in [0.2, 0.25) is 0 Å². The Kier molecular flexibility index (Phi) is 6.71. The lowest BCUT2D eigenvalue weighted by Crippen LogP contribution is -2.21. The van der Waals surface area contributed by atoms with Gasteiger partial charge in [-0.3, -0.25) is 0 Å². The first kappa shape index (κ1) is 21.0. The first-order valence-corrected chi connectivity index (χ1v) is 10.2. The summed E-state index contributed by atoms with van der Waals surface area (Å²) in [7, 11) is 0. The molecule has 0 bridgehead atoms. The highest BCUT2D eigenvalue weighted by Crippen LogP contribution is 2.20. The fourth-order valence-corrected chi connectivity index (χ4v) is 3.14. The summed E-state index contributed by atoms with van der Waals surface area (Å²) in [4.78, 5) is 26.2. The summed E-state index contributed by atoms with van der Waals surface area (Å²) < 4.78 is 5.12. The van der Waals surface area contributed by atoms with Gasteiger partial charge in [0.1, 0.15) is 5.75 Å². The quantitative estimate of drug-likeness (QED) is 0.345. The molecule has 2 heterocycles. The van der Waals surface area contributed by atoms with Gasteiger partial charge >= 0.3 is 5.97 Å². The van der Waals surface area contributed by atoms with Crippen LogP contribution in [0.1, 0.15) is 18.4 Å². The molecule has 0 spiro atoms. The Morgan fingerprint density at radius 3 is 2.47 bits per heavy atom. The molecule has 164 valence electrons. The van der Waals surface area contributed by atoms with Crippen molar-refractivity contribution in [3.8, 4) is 5.75 Å². The number of hydrogen-bond acceptors (Lipinski definition) is 9. The van der Waals surface area contributed by atoms with Gasteiger partial charge in [0.05, 0.1) is 6.21 Å². The molecular weight excluding hydrogens is 410 g/mol. The lowest BCUT2D eigenvalue weighted by atomic mass is 10.2. The third kappa shape index (κ3) is 5.91. The molecule has 0 radical (unpaired) electrons. The fourth-order valence-electron chi connectivity index (χ4n) is 3.14. The number of aliphatic carboxylic acids is 1. The molecule has 10 heteroatoms. The van der Waals surface area contributed by atoms with Crippen molar-refractivity contribution in [3.05, 3.63) is 60.2 Å². The summed E-state index contributed by atoms with van der Waals surface area (Å²) in [5.74, 6) is 0.825. The number of anilines is 4. The second-order valence-corrected chi connectivity index (χ2v) is 7.09. The smallest absolute Gasteiger partial charge is 0.341 e. The van der Waals surface area contributed by atoms with Gasteiger partial charge in [0.25, 0.3) is 0 Å². The molecule has 1 aliphatic rings. The minimum absolute atomic E-state index is 0.331. The molecule has 1 saturated heterocycles. The molecule has 3 aromatic rings. The van der Waals surface area contributed by atoms with Crippen LogP contribution in [0.4, 0.5) is 23.5 Å². The molecule has 0 amide bonds. The SMILES string of the molecule is O=C(O)COc1ccc(C=NNc2nc(Nc3ccccc3)nc(N3CCCC3)n2)cc1. The Bertz CT molecular complexity index is 1070. The van der Waals surface area contributed by atoms with E-state index in [4.69, 9.17) is 9.84 Å². The molecular formula is C22H23N7O3. The third-order valence-corrected chi connectivity index (χ3v) is 4.66. The predicted octanol–water partition coefficient (Wildman–Crippen LogP) is 3.12. The molecule has 4 rings (SSSR count). The minimum Gasteiger partial charge on any atom is -0.482 e. The van der Waals surface area contributed by atoms with Gasteiger partial charge < -0.3 is 20.1 Å². The highest BCUT2D eigenvalue weighted by atomic mass is 16.5. The van der Waals surface area contributed by atoms with Gasteiger partial charge in [-0.25, -0.2) is 10.2 Å². The monoisotopic (exact) mass is 433 g/mol. The Hall–Kier alpha value is -4.21. The molecule has 1 aromatic heterocycles. The maximum absolute atomic E-state index is 10.6. The van der Waals surface area contributed by atoms with Gasteiger partial charge in [-0.1, -0.05) is 18.2 Å². The van der Waals surface area contributed by atoms with E-state index in [1.807, 2.05) is 30.3 Å². The second-order valence-electron chi connectivity index (χ2n) is 7.09. The average Bonchev–Trinajstić information content (AvgIpc) is 3.34. The highest BCUT2D eigenvalue weighted by Gasteiger charge is 2.17.